The van der Waals surface area contributed by atoms with Gasteiger partial charge in [-0.3, -0.25) is 0 Å². The quantitative estimate of drug-likeness (QED) is 0.801. The zero-order valence-corrected chi connectivity index (χ0v) is 8.58. The molecule has 0 spiro atoms. The van der Waals surface area contributed by atoms with Crippen molar-refractivity contribution in [2.75, 3.05) is 0 Å². The first-order valence-corrected chi connectivity index (χ1v) is 4.92. The van der Waals surface area contributed by atoms with E-state index in [4.69, 9.17) is 5.73 Å². The maximum Gasteiger partial charge on any atom is 0.129 e. The second kappa shape index (κ2) is 5.19. The number of hydrogen-bond donors (Lipinski definition) is 2. The Bertz CT molecular complexity index is 310. The van der Waals surface area contributed by atoms with Gasteiger partial charge in [0.05, 0.1) is 6.10 Å². The summed E-state index contributed by atoms with van der Waals surface area (Å²) in [6, 6.07) is 3.18. The van der Waals surface area contributed by atoms with E-state index in [0.717, 1.165) is 0 Å². The monoisotopic (exact) mass is 215 g/mol. The van der Waals surface area contributed by atoms with Crippen LogP contribution in [0, 0.1) is 11.6 Å². The number of rotatable bonds is 4. The Morgan fingerprint density at radius 1 is 1.33 bits per heavy atom. The molecule has 0 amide bonds. The van der Waals surface area contributed by atoms with Gasteiger partial charge in [0, 0.05) is 18.0 Å². The molecule has 84 valence electrons. The predicted octanol–water partition coefficient (Wildman–Crippen LogP) is 1.61. The summed E-state index contributed by atoms with van der Waals surface area (Å²) in [6.07, 6.45) is -0.438. The van der Waals surface area contributed by atoms with E-state index in [1.54, 1.807) is 0 Å². The fraction of sp³-hybridized carbons (Fsp3) is 0.455. The highest BCUT2D eigenvalue weighted by Crippen LogP contribution is 2.15. The van der Waals surface area contributed by atoms with Gasteiger partial charge in [0.1, 0.15) is 11.6 Å². The summed E-state index contributed by atoms with van der Waals surface area (Å²) in [5.41, 5.74) is 5.47. The van der Waals surface area contributed by atoms with Crippen molar-refractivity contribution in [2.24, 2.45) is 5.73 Å². The van der Waals surface area contributed by atoms with Crippen LogP contribution in [0.4, 0.5) is 8.78 Å². The molecule has 0 bridgehead atoms. The Kier molecular flexibility index (Phi) is 4.17. The van der Waals surface area contributed by atoms with Crippen LogP contribution in [0.15, 0.2) is 18.2 Å². The lowest BCUT2D eigenvalue weighted by Gasteiger charge is -2.17. The number of nitrogens with two attached hydrogens (primary N) is 1. The number of hydrogen-bond acceptors (Lipinski definition) is 2. The van der Waals surface area contributed by atoms with Gasteiger partial charge in [0.2, 0.25) is 0 Å². The molecule has 0 saturated carbocycles. The van der Waals surface area contributed by atoms with E-state index in [9.17, 15) is 13.9 Å². The topological polar surface area (TPSA) is 46.2 Å². The second-order valence-corrected chi connectivity index (χ2v) is 3.54. The summed E-state index contributed by atoms with van der Waals surface area (Å²) in [5.74, 6) is -1.28. The summed E-state index contributed by atoms with van der Waals surface area (Å²) in [5, 5.41) is 9.56. The van der Waals surface area contributed by atoms with Crippen LogP contribution >= 0.6 is 0 Å². The molecule has 0 aliphatic carbocycles. The Morgan fingerprint density at radius 3 is 2.33 bits per heavy atom. The molecule has 2 nitrogen and oxygen atoms in total. The predicted molar refractivity (Wildman–Crippen MR) is 54.3 cm³/mol. The average molecular weight is 215 g/mol. The highest BCUT2D eigenvalue weighted by Gasteiger charge is 2.17. The van der Waals surface area contributed by atoms with Crippen LogP contribution < -0.4 is 5.73 Å². The van der Waals surface area contributed by atoms with Crippen molar-refractivity contribution in [2.45, 2.75) is 31.9 Å². The molecule has 2 unspecified atom stereocenters. The molecule has 0 aliphatic heterocycles. The zero-order valence-electron chi connectivity index (χ0n) is 8.58. The van der Waals surface area contributed by atoms with Crippen molar-refractivity contribution in [1.82, 2.24) is 0 Å². The Hall–Kier alpha value is -1.00. The van der Waals surface area contributed by atoms with Gasteiger partial charge >= 0.3 is 0 Å². The van der Waals surface area contributed by atoms with Crippen LogP contribution in [0.1, 0.15) is 18.9 Å². The smallest absolute Gasteiger partial charge is 0.129 e. The van der Waals surface area contributed by atoms with Crippen molar-refractivity contribution in [3.8, 4) is 0 Å². The average Bonchev–Trinajstić information content (AvgIpc) is 2.22. The van der Waals surface area contributed by atoms with Crippen LogP contribution in [-0.2, 0) is 6.42 Å². The van der Waals surface area contributed by atoms with Crippen LogP contribution in [0.25, 0.3) is 0 Å². The van der Waals surface area contributed by atoms with E-state index < -0.39 is 23.8 Å². The van der Waals surface area contributed by atoms with E-state index in [2.05, 4.69) is 0 Å². The van der Waals surface area contributed by atoms with Gasteiger partial charge in [-0.05, 0) is 18.6 Å². The number of benzene rings is 1. The Labute approximate surface area is 87.7 Å². The van der Waals surface area contributed by atoms with Crippen LogP contribution in [0.2, 0.25) is 0 Å². The maximum atomic E-state index is 13.2. The minimum absolute atomic E-state index is 0.0898. The molecular weight excluding hydrogens is 200 g/mol. The summed E-state index contributed by atoms with van der Waals surface area (Å²) in [4.78, 5) is 0. The fourth-order valence-electron chi connectivity index (χ4n) is 1.36. The van der Waals surface area contributed by atoms with E-state index >= 15 is 0 Å². The van der Waals surface area contributed by atoms with Crippen molar-refractivity contribution in [3.05, 3.63) is 35.4 Å². The summed E-state index contributed by atoms with van der Waals surface area (Å²) in [6.45, 7) is 1.81. The van der Waals surface area contributed by atoms with E-state index in [1.165, 1.54) is 18.2 Å². The van der Waals surface area contributed by atoms with Crippen molar-refractivity contribution < 1.29 is 13.9 Å². The maximum absolute atomic E-state index is 13.2. The lowest BCUT2D eigenvalue weighted by atomic mass is 10.0. The zero-order chi connectivity index (χ0) is 11.4. The van der Waals surface area contributed by atoms with Gasteiger partial charge in [-0.25, -0.2) is 8.78 Å². The molecule has 1 rings (SSSR count). The number of halogens is 2. The molecule has 0 aliphatic rings. The highest BCUT2D eigenvalue weighted by molar-refractivity contribution is 5.20. The molecule has 0 heterocycles. The fourth-order valence-corrected chi connectivity index (χ4v) is 1.36. The summed E-state index contributed by atoms with van der Waals surface area (Å²) >= 11 is 0. The molecule has 1 aromatic rings. The van der Waals surface area contributed by atoms with Crippen molar-refractivity contribution in [3.63, 3.8) is 0 Å². The molecule has 1 aromatic carbocycles. The van der Waals surface area contributed by atoms with Gasteiger partial charge in [-0.15, -0.1) is 0 Å². The normalized spacial score (nSPS) is 15.0. The lowest BCUT2D eigenvalue weighted by molar-refractivity contribution is 0.140. The molecule has 0 fully saturated rings. The molecule has 15 heavy (non-hydrogen) atoms. The number of aliphatic hydroxyl groups is 1. The summed E-state index contributed by atoms with van der Waals surface area (Å²) < 4.78 is 26.4. The van der Waals surface area contributed by atoms with E-state index in [1.807, 2.05) is 6.92 Å². The third-order valence-corrected chi connectivity index (χ3v) is 2.44. The van der Waals surface area contributed by atoms with Crippen molar-refractivity contribution >= 4 is 0 Å². The minimum Gasteiger partial charge on any atom is -0.391 e. The Balaban J connectivity index is 2.80. The first kappa shape index (κ1) is 12.1. The van der Waals surface area contributed by atoms with Gasteiger partial charge in [-0.2, -0.15) is 0 Å². The third kappa shape index (κ3) is 2.97. The van der Waals surface area contributed by atoms with Crippen LogP contribution in [0.3, 0.4) is 0 Å². The SMILES string of the molecule is CCC(N)C(O)Cc1c(F)cccc1F. The second-order valence-electron chi connectivity index (χ2n) is 3.54. The molecule has 0 radical (unpaired) electrons. The lowest BCUT2D eigenvalue weighted by Crippen LogP contribution is -2.35. The van der Waals surface area contributed by atoms with Crippen LogP contribution in [-0.4, -0.2) is 17.3 Å². The molecule has 0 aromatic heterocycles. The molecule has 3 N–H and O–H groups in total. The van der Waals surface area contributed by atoms with Gasteiger partial charge < -0.3 is 10.8 Å². The molecule has 4 heteroatoms. The number of aliphatic hydroxyl groups excluding tert-OH is 1. The first-order valence-electron chi connectivity index (χ1n) is 4.92. The standard InChI is InChI=1S/C11H15F2NO/c1-2-10(14)11(15)6-7-8(12)4-3-5-9(7)13/h3-5,10-11,15H,2,6,14H2,1H3. The minimum atomic E-state index is -0.915. The largest absolute Gasteiger partial charge is 0.391 e. The molecular formula is C11H15F2NO. The molecule has 0 saturated heterocycles. The Morgan fingerprint density at radius 2 is 1.87 bits per heavy atom. The third-order valence-electron chi connectivity index (χ3n) is 2.44. The van der Waals surface area contributed by atoms with E-state index in [0.29, 0.717) is 6.42 Å². The first-order chi connectivity index (χ1) is 7.06. The van der Waals surface area contributed by atoms with Gasteiger partial charge in [-0.1, -0.05) is 13.0 Å². The van der Waals surface area contributed by atoms with Gasteiger partial charge in [0.15, 0.2) is 0 Å². The van der Waals surface area contributed by atoms with E-state index in [-0.39, 0.29) is 12.0 Å². The van der Waals surface area contributed by atoms with Crippen molar-refractivity contribution in [1.29, 1.82) is 0 Å². The highest BCUT2D eigenvalue weighted by atomic mass is 19.1. The van der Waals surface area contributed by atoms with Gasteiger partial charge in [0.25, 0.3) is 0 Å². The van der Waals surface area contributed by atoms with Crippen LogP contribution in [0.5, 0.6) is 0 Å². The summed E-state index contributed by atoms with van der Waals surface area (Å²) in [7, 11) is 0. The molecule has 2 atom stereocenters.